The quantitative estimate of drug-likeness (QED) is 0.874. The van der Waals surface area contributed by atoms with Crippen molar-refractivity contribution in [2.75, 3.05) is 0 Å². The summed E-state index contributed by atoms with van der Waals surface area (Å²) < 4.78 is 3.54. The minimum Gasteiger partial charge on any atom is -0.324 e. The van der Waals surface area contributed by atoms with Crippen LogP contribution in [0.15, 0.2) is 29.1 Å². The molecule has 0 aliphatic rings. The summed E-state index contributed by atoms with van der Waals surface area (Å²) in [6, 6.07) is 7.84. The van der Waals surface area contributed by atoms with Crippen molar-refractivity contribution in [1.82, 2.24) is 9.13 Å². The van der Waals surface area contributed by atoms with Gasteiger partial charge in [-0.2, -0.15) is 0 Å². The van der Waals surface area contributed by atoms with Crippen molar-refractivity contribution in [2.24, 2.45) is 5.73 Å². The first-order chi connectivity index (χ1) is 7.94. The lowest BCUT2D eigenvalue weighted by atomic mass is 10.1. The third-order valence-corrected chi connectivity index (χ3v) is 2.81. The van der Waals surface area contributed by atoms with Gasteiger partial charge in [0.25, 0.3) is 0 Å². The predicted octanol–water partition coefficient (Wildman–Crippen LogP) is 1.56. The molecule has 0 saturated heterocycles. The van der Waals surface area contributed by atoms with E-state index in [0.29, 0.717) is 13.1 Å². The summed E-state index contributed by atoms with van der Waals surface area (Å²) in [6.45, 7) is 7.04. The molecule has 2 aromatic rings. The summed E-state index contributed by atoms with van der Waals surface area (Å²) in [4.78, 5) is 12.3. The molecule has 0 aliphatic heterocycles. The largest absolute Gasteiger partial charge is 0.329 e. The average molecular weight is 233 g/mol. The first-order valence-electron chi connectivity index (χ1n) is 5.91. The lowest BCUT2D eigenvalue weighted by Gasteiger charge is -2.18. The van der Waals surface area contributed by atoms with Gasteiger partial charge in [-0.05, 0) is 32.9 Å². The normalized spacial score (nSPS) is 12.2. The highest BCUT2D eigenvalue weighted by molar-refractivity contribution is 5.76. The third-order valence-electron chi connectivity index (χ3n) is 2.81. The van der Waals surface area contributed by atoms with Crippen molar-refractivity contribution >= 4 is 11.0 Å². The lowest BCUT2D eigenvalue weighted by Crippen LogP contribution is -2.40. The van der Waals surface area contributed by atoms with Crippen LogP contribution in [0.3, 0.4) is 0 Å². The molecule has 92 valence electrons. The highest BCUT2D eigenvalue weighted by atomic mass is 16.1. The molecule has 0 bridgehead atoms. The van der Waals surface area contributed by atoms with Gasteiger partial charge in [-0.25, -0.2) is 4.79 Å². The molecule has 0 aliphatic carbocycles. The van der Waals surface area contributed by atoms with E-state index in [1.807, 2.05) is 45.0 Å². The van der Waals surface area contributed by atoms with Crippen LogP contribution >= 0.6 is 0 Å². The number of hydrogen-bond acceptors (Lipinski definition) is 2. The Morgan fingerprint density at radius 3 is 2.18 bits per heavy atom. The molecular weight excluding hydrogens is 214 g/mol. The SMILES string of the molecule is CCn1c(=O)n(CC(C)(C)N)c2ccccc21. The zero-order valence-corrected chi connectivity index (χ0v) is 10.6. The Labute approximate surface area is 101 Å². The number of para-hydroxylation sites is 2. The lowest BCUT2D eigenvalue weighted by molar-refractivity contribution is 0.429. The number of aryl methyl sites for hydroxylation is 1. The second-order valence-electron chi connectivity index (χ2n) is 5.09. The van der Waals surface area contributed by atoms with Gasteiger partial charge in [0.05, 0.1) is 11.0 Å². The van der Waals surface area contributed by atoms with Gasteiger partial charge < -0.3 is 5.73 Å². The van der Waals surface area contributed by atoms with E-state index in [4.69, 9.17) is 5.73 Å². The van der Waals surface area contributed by atoms with Gasteiger partial charge in [-0.1, -0.05) is 12.1 Å². The van der Waals surface area contributed by atoms with E-state index in [9.17, 15) is 4.79 Å². The molecule has 0 saturated carbocycles. The van der Waals surface area contributed by atoms with Crippen LogP contribution in [0.1, 0.15) is 20.8 Å². The molecular formula is C13H19N3O. The van der Waals surface area contributed by atoms with Crippen molar-refractivity contribution in [3.63, 3.8) is 0 Å². The number of benzene rings is 1. The molecule has 0 unspecified atom stereocenters. The molecule has 1 heterocycles. The van der Waals surface area contributed by atoms with Gasteiger partial charge in [0.1, 0.15) is 0 Å². The highest BCUT2D eigenvalue weighted by Crippen LogP contribution is 2.14. The van der Waals surface area contributed by atoms with Gasteiger partial charge in [-0.15, -0.1) is 0 Å². The molecule has 4 nitrogen and oxygen atoms in total. The zero-order valence-electron chi connectivity index (χ0n) is 10.6. The van der Waals surface area contributed by atoms with Crippen molar-refractivity contribution in [2.45, 2.75) is 39.4 Å². The van der Waals surface area contributed by atoms with E-state index in [1.54, 1.807) is 9.13 Å². The van der Waals surface area contributed by atoms with Crippen molar-refractivity contribution in [3.05, 3.63) is 34.7 Å². The van der Waals surface area contributed by atoms with Crippen LogP contribution in [0, 0.1) is 0 Å². The Bertz CT molecular complexity index is 587. The standard InChI is InChI=1S/C13H19N3O/c1-4-15-10-7-5-6-8-11(10)16(12(15)17)9-13(2,3)14/h5-8H,4,9,14H2,1-3H3. The molecule has 2 N–H and O–H groups in total. The molecule has 0 fully saturated rings. The smallest absolute Gasteiger partial charge is 0.324 e. The summed E-state index contributed by atoms with van der Waals surface area (Å²) in [5, 5.41) is 0. The molecule has 4 heteroatoms. The first kappa shape index (κ1) is 11.9. The van der Waals surface area contributed by atoms with Crippen LogP contribution in [0.2, 0.25) is 0 Å². The monoisotopic (exact) mass is 233 g/mol. The Hall–Kier alpha value is -1.55. The van der Waals surface area contributed by atoms with Gasteiger partial charge in [-0.3, -0.25) is 9.13 Å². The van der Waals surface area contributed by atoms with Crippen LogP contribution in [0.5, 0.6) is 0 Å². The second-order valence-corrected chi connectivity index (χ2v) is 5.09. The molecule has 2 rings (SSSR count). The average Bonchev–Trinajstić information content (AvgIpc) is 2.50. The maximum absolute atomic E-state index is 12.3. The van der Waals surface area contributed by atoms with Crippen LogP contribution in [-0.4, -0.2) is 14.7 Å². The van der Waals surface area contributed by atoms with Gasteiger partial charge in [0, 0.05) is 18.6 Å². The number of imidazole rings is 1. The summed E-state index contributed by atoms with van der Waals surface area (Å²) in [5.41, 5.74) is 7.57. The molecule has 1 aromatic carbocycles. The minimum atomic E-state index is -0.396. The Morgan fingerprint density at radius 2 is 1.71 bits per heavy atom. The topological polar surface area (TPSA) is 53.0 Å². The van der Waals surface area contributed by atoms with E-state index in [-0.39, 0.29) is 5.69 Å². The zero-order chi connectivity index (χ0) is 12.6. The van der Waals surface area contributed by atoms with E-state index >= 15 is 0 Å². The molecule has 17 heavy (non-hydrogen) atoms. The fourth-order valence-electron chi connectivity index (χ4n) is 2.14. The summed E-state index contributed by atoms with van der Waals surface area (Å²) in [5.74, 6) is 0. The van der Waals surface area contributed by atoms with Crippen molar-refractivity contribution in [1.29, 1.82) is 0 Å². The van der Waals surface area contributed by atoms with Crippen molar-refractivity contribution in [3.8, 4) is 0 Å². The Morgan fingerprint density at radius 1 is 1.18 bits per heavy atom. The third kappa shape index (κ3) is 2.13. The number of fused-ring (bicyclic) bond motifs is 1. The van der Waals surface area contributed by atoms with Gasteiger partial charge in [0.2, 0.25) is 0 Å². The van der Waals surface area contributed by atoms with E-state index in [0.717, 1.165) is 11.0 Å². The summed E-state index contributed by atoms with van der Waals surface area (Å²) >= 11 is 0. The molecule has 1 aromatic heterocycles. The highest BCUT2D eigenvalue weighted by Gasteiger charge is 2.17. The van der Waals surface area contributed by atoms with E-state index < -0.39 is 5.54 Å². The van der Waals surface area contributed by atoms with Crippen LogP contribution in [-0.2, 0) is 13.1 Å². The second kappa shape index (κ2) is 4.04. The fraction of sp³-hybridized carbons (Fsp3) is 0.462. The van der Waals surface area contributed by atoms with Crippen LogP contribution < -0.4 is 11.4 Å². The maximum Gasteiger partial charge on any atom is 0.329 e. The number of hydrogen-bond donors (Lipinski definition) is 1. The molecule has 0 spiro atoms. The summed E-state index contributed by atoms with van der Waals surface area (Å²) in [7, 11) is 0. The maximum atomic E-state index is 12.3. The van der Waals surface area contributed by atoms with Crippen LogP contribution in [0.4, 0.5) is 0 Å². The number of rotatable bonds is 3. The summed E-state index contributed by atoms with van der Waals surface area (Å²) in [6.07, 6.45) is 0. The molecule has 0 radical (unpaired) electrons. The Kier molecular flexibility index (Phi) is 2.83. The van der Waals surface area contributed by atoms with E-state index in [1.165, 1.54) is 0 Å². The minimum absolute atomic E-state index is 0.0206. The van der Waals surface area contributed by atoms with Crippen LogP contribution in [0.25, 0.3) is 11.0 Å². The molecule has 0 atom stereocenters. The number of nitrogens with two attached hydrogens (primary N) is 1. The fourth-order valence-corrected chi connectivity index (χ4v) is 2.14. The van der Waals surface area contributed by atoms with Gasteiger partial charge >= 0.3 is 5.69 Å². The first-order valence-corrected chi connectivity index (χ1v) is 5.91. The predicted molar refractivity (Wildman–Crippen MR) is 70.1 cm³/mol. The van der Waals surface area contributed by atoms with Crippen molar-refractivity contribution < 1.29 is 0 Å². The van der Waals surface area contributed by atoms with Gasteiger partial charge in [0.15, 0.2) is 0 Å². The molecule has 0 amide bonds. The van der Waals surface area contributed by atoms with E-state index in [2.05, 4.69) is 0 Å². The Balaban J connectivity index is 2.70. The number of nitrogens with zero attached hydrogens (tertiary/aromatic N) is 2. The number of aromatic nitrogens is 2.